The van der Waals surface area contributed by atoms with E-state index in [0.29, 0.717) is 5.56 Å². The summed E-state index contributed by atoms with van der Waals surface area (Å²) in [4.78, 5) is 0.124. The summed E-state index contributed by atoms with van der Waals surface area (Å²) < 4.78 is 33.4. The Morgan fingerprint density at radius 1 is 0.857 bits per heavy atom. The molecule has 112 valence electrons. The minimum absolute atomic E-state index is 0.124. The number of rotatable bonds is 3. The van der Waals surface area contributed by atoms with Crippen LogP contribution in [0.5, 0.6) is 0 Å². The second-order valence-electron chi connectivity index (χ2n) is 5.45. The van der Waals surface area contributed by atoms with Gasteiger partial charge in [0, 0.05) is 0 Å². The first-order chi connectivity index (χ1) is 9.73. The summed E-state index contributed by atoms with van der Waals surface area (Å²) in [6.07, 6.45) is 0. The summed E-state index contributed by atoms with van der Waals surface area (Å²) in [5, 5.41) is 1.98. The molecule has 0 atom stereocenters. The first-order valence-electron chi connectivity index (χ1n) is 6.84. The van der Waals surface area contributed by atoms with E-state index >= 15 is 0 Å². The molecule has 0 radical (unpaired) electrons. The highest BCUT2D eigenvalue weighted by molar-refractivity contribution is 7.86. The van der Waals surface area contributed by atoms with Gasteiger partial charge in [-0.05, 0) is 55.1 Å². The molecular weight excluding hydrogens is 300 g/mol. The van der Waals surface area contributed by atoms with Crippen molar-refractivity contribution in [1.82, 2.24) is 0 Å². The third-order valence-electron chi connectivity index (χ3n) is 4.24. The van der Waals surface area contributed by atoms with E-state index in [0.717, 1.165) is 27.1 Å². The summed E-state index contributed by atoms with van der Waals surface area (Å²) in [7, 11) is -5.18. The van der Waals surface area contributed by atoms with E-state index in [1.54, 1.807) is 6.92 Å². The second kappa shape index (κ2) is 5.75. The van der Waals surface area contributed by atoms with Crippen LogP contribution < -0.4 is 10.4 Å². The van der Waals surface area contributed by atoms with Gasteiger partial charge in [0.05, 0.1) is 14.4 Å². The van der Waals surface area contributed by atoms with Gasteiger partial charge in [-0.1, -0.05) is 35.5 Å². The zero-order valence-corrected chi connectivity index (χ0v) is 15.0. The fourth-order valence-electron chi connectivity index (χ4n) is 2.72. The Kier molecular flexibility index (Phi) is 4.37. The van der Waals surface area contributed by atoms with Crippen molar-refractivity contribution < 1.29 is 13.0 Å². The van der Waals surface area contributed by atoms with Crippen molar-refractivity contribution in [2.24, 2.45) is 0 Å². The van der Waals surface area contributed by atoms with Gasteiger partial charge in [0.2, 0.25) is 0 Å². The molecule has 3 nitrogen and oxygen atoms in total. The molecule has 21 heavy (non-hydrogen) atoms. The zero-order valence-electron chi connectivity index (χ0n) is 12.8. The normalized spacial score (nSPS) is 12.2. The quantitative estimate of drug-likeness (QED) is 0.685. The minimum Gasteiger partial charge on any atom is -0.282 e. The highest BCUT2D eigenvalue weighted by Gasteiger charge is 2.23. The van der Waals surface area contributed by atoms with Crippen molar-refractivity contribution in [3.05, 3.63) is 52.6 Å². The van der Waals surface area contributed by atoms with E-state index in [2.05, 4.69) is 0 Å². The van der Waals surface area contributed by atoms with E-state index < -0.39 is 19.6 Å². The Morgan fingerprint density at radius 3 is 1.90 bits per heavy atom. The van der Waals surface area contributed by atoms with Gasteiger partial charge in [-0.2, -0.15) is 8.42 Å². The van der Waals surface area contributed by atoms with Crippen LogP contribution in [0.4, 0.5) is 0 Å². The monoisotopic (exact) mass is 320 g/mol. The largest absolute Gasteiger partial charge is 0.294 e. The van der Waals surface area contributed by atoms with Crippen LogP contribution in [-0.2, 0) is 10.1 Å². The molecule has 2 rings (SSSR count). The summed E-state index contributed by atoms with van der Waals surface area (Å²) in [6.45, 7) is 7.63. The molecule has 0 amide bonds. The Bertz CT molecular complexity index is 781. The van der Waals surface area contributed by atoms with E-state index in [1.807, 2.05) is 51.1 Å². The molecule has 1 N–H and O–H groups in total. The summed E-state index contributed by atoms with van der Waals surface area (Å²) in [5.41, 5.74) is 3.70. The second-order valence-corrected chi connectivity index (χ2v) is 8.68. The highest BCUT2D eigenvalue weighted by atomic mass is 32.2. The van der Waals surface area contributed by atoms with Gasteiger partial charge >= 0.3 is 0 Å². The van der Waals surface area contributed by atoms with Crippen LogP contribution in [0.1, 0.15) is 22.3 Å². The first-order valence-corrected chi connectivity index (χ1v) is 9.69. The van der Waals surface area contributed by atoms with Crippen LogP contribution in [0.2, 0.25) is 0 Å². The summed E-state index contributed by atoms with van der Waals surface area (Å²) >= 11 is 0. The highest BCUT2D eigenvalue weighted by Crippen LogP contribution is 2.22. The Labute approximate surface area is 128 Å². The van der Waals surface area contributed by atoms with Gasteiger partial charge in [-0.25, -0.2) is 0 Å². The van der Waals surface area contributed by atoms with Gasteiger partial charge in [0.1, 0.15) is 0 Å². The molecule has 0 bridgehead atoms. The van der Waals surface area contributed by atoms with Crippen LogP contribution in [-0.4, -0.2) is 22.5 Å². The predicted molar refractivity (Wildman–Crippen MR) is 89.5 cm³/mol. The van der Waals surface area contributed by atoms with Gasteiger partial charge in [0.25, 0.3) is 10.1 Å². The smallest absolute Gasteiger partial charge is 0.282 e. The van der Waals surface area contributed by atoms with Crippen molar-refractivity contribution in [3.8, 4) is 0 Å². The summed E-state index contributed by atoms with van der Waals surface area (Å²) in [5.74, 6) is 0. The topological polar surface area (TPSA) is 54.4 Å². The molecule has 0 aliphatic heterocycles. The number of hydrogen-bond donors (Lipinski definition) is 1. The SMILES string of the molecule is Cc1c(C)c(C)c(S(=O)(=O)O)c([SiH2]c2ccccc2)c1C. The van der Waals surface area contributed by atoms with Crippen molar-refractivity contribution in [2.45, 2.75) is 32.6 Å². The lowest BCUT2D eigenvalue weighted by Crippen LogP contribution is -2.35. The van der Waals surface area contributed by atoms with Crippen LogP contribution in [0.25, 0.3) is 0 Å². The number of hydrogen-bond acceptors (Lipinski definition) is 2. The van der Waals surface area contributed by atoms with Crippen molar-refractivity contribution in [2.75, 3.05) is 0 Å². The molecule has 0 heterocycles. The first kappa shape index (κ1) is 15.9. The van der Waals surface area contributed by atoms with Crippen molar-refractivity contribution in [3.63, 3.8) is 0 Å². The average molecular weight is 320 g/mol. The van der Waals surface area contributed by atoms with E-state index in [1.165, 1.54) is 0 Å². The van der Waals surface area contributed by atoms with Crippen molar-refractivity contribution >= 4 is 30.0 Å². The maximum atomic E-state index is 11.9. The maximum Gasteiger partial charge on any atom is 0.294 e. The fraction of sp³-hybridized carbons (Fsp3) is 0.250. The van der Waals surface area contributed by atoms with Crippen LogP contribution in [0.15, 0.2) is 35.2 Å². The van der Waals surface area contributed by atoms with E-state index in [4.69, 9.17) is 0 Å². The molecule has 0 spiro atoms. The van der Waals surface area contributed by atoms with Crippen LogP contribution in [0.3, 0.4) is 0 Å². The molecule has 2 aromatic rings. The molecule has 0 saturated carbocycles. The molecule has 2 aromatic carbocycles. The van der Waals surface area contributed by atoms with E-state index in [9.17, 15) is 13.0 Å². The minimum atomic E-state index is -4.21. The molecule has 0 unspecified atom stereocenters. The summed E-state index contributed by atoms with van der Waals surface area (Å²) in [6, 6.07) is 9.89. The van der Waals surface area contributed by atoms with Gasteiger partial charge in [0.15, 0.2) is 0 Å². The van der Waals surface area contributed by atoms with Crippen molar-refractivity contribution in [1.29, 1.82) is 0 Å². The number of benzene rings is 2. The Balaban J connectivity index is 2.75. The van der Waals surface area contributed by atoms with Crippen LogP contribution in [0, 0.1) is 27.7 Å². The molecular formula is C16H20O3SSi. The Hall–Kier alpha value is -1.43. The molecule has 0 fully saturated rings. The van der Waals surface area contributed by atoms with Gasteiger partial charge in [-0.15, -0.1) is 0 Å². The average Bonchev–Trinajstić information content (AvgIpc) is 2.42. The van der Waals surface area contributed by atoms with Crippen LogP contribution >= 0.6 is 0 Å². The van der Waals surface area contributed by atoms with E-state index in [-0.39, 0.29) is 4.90 Å². The molecule has 0 aromatic heterocycles. The molecule has 0 saturated heterocycles. The van der Waals surface area contributed by atoms with Gasteiger partial charge < -0.3 is 0 Å². The maximum absolute atomic E-state index is 11.9. The lowest BCUT2D eigenvalue weighted by atomic mass is 9.99. The van der Waals surface area contributed by atoms with Gasteiger partial charge in [-0.3, -0.25) is 4.55 Å². The fourth-order valence-corrected chi connectivity index (χ4v) is 6.36. The standard InChI is InChI=1S/C16H20O3SSi/c1-10-11(2)13(4)16(15(12(10)3)20(17,18)19)21-14-8-6-5-7-9-14/h5-9H,21H2,1-4H3,(H,17,18,19). The third kappa shape index (κ3) is 3.10. The Morgan fingerprint density at radius 2 is 1.38 bits per heavy atom. The third-order valence-corrected chi connectivity index (χ3v) is 7.68. The lowest BCUT2D eigenvalue weighted by Gasteiger charge is -2.19. The lowest BCUT2D eigenvalue weighted by molar-refractivity contribution is 0.483. The predicted octanol–water partition coefficient (Wildman–Crippen LogP) is 1.29. The molecule has 5 heteroatoms. The molecule has 0 aliphatic carbocycles. The zero-order chi connectivity index (χ0) is 15.8. The molecule has 0 aliphatic rings.